The summed E-state index contributed by atoms with van der Waals surface area (Å²) in [6, 6.07) is 8.14. The van der Waals surface area contributed by atoms with Gasteiger partial charge in [-0.25, -0.2) is 0 Å². The van der Waals surface area contributed by atoms with Gasteiger partial charge in [-0.3, -0.25) is 0 Å². The molecule has 2 nitrogen and oxygen atoms in total. The highest BCUT2D eigenvalue weighted by molar-refractivity contribution is 5.28. The van der Waals surface area contributed by atoms with Crippen molar-refractivity contribution in [3.05, 3.63) is 29.8 Å². The van der Waals surface area contributed by atoms with Gasteiger partial charge in [-0.1, -0.05) is 26.0 Å². The molecule has 1 atom stereocenters. The van der Waals surface area contributed by atoms with Crippen LogP contribution in [0.4, 0.5) is 0 Å². The fourth-order valence-corrected chi connectivity index (χ4v) is 1.73. The molecule has 102 valence electrons. The van der Waals surface area contributed by atoms with Gasteiger partial charge in [0.1, 0.15) is 5.75 Å². The average molecular weight is 250 g/mol. The third-order valence-corrected chi connectivity index (χ3v) is 3.43. The predicted octanol–water partition coefficient (Wildman–Crippen LogP) is 3.81. The highest BCUT2D eigenvalue weighted by Gasteiger charge is 2.24. The lowest BCUT2D eigenvalue weighted by atomic mass is 9.87. The van der Waals surface area contributed by atoms with Crippen LogP contribution in [-0.4, -0.2) is 16.8 Å². The zero-order valence-corrected chi connectivity index (χ0v) is 12.2. The van der Waals surface area contributed by atoms with Crippen molar-refractivity contribution < 1.29 is 9.84 Å². The van der Waals surface area contributed by atoms with Crippen LogP contribution in [0, 0.1) is 5.92 Å². The molecule has 0 aliphatic carbocycles. The molecule has 1 aromatic carbocycles. The first-order valence-electron chi connectivity index (χ1n) is 6.79. The molecule has 1 rings (SSSR count). The molecule has 0 spiro atoms. The van der Waals surface area contributed by atoms with Crippen LogP contribution in [0.2, 0.25) is 0 Å². The summed E-state index contributed by atoms with van der Waals surface area (Å²) in [5.41, 5.74) is 0.614. The van der Waals surface area contributed by atoms with Gasteiger partial charge in [-0.05, 0) is 57.2 Å². The summed E-state index contributed by atoms with van der Waals surface area (Å²) in [5.74, 6) is 1.18. The fourth-order valence-electron chi connectivity index (χ4n) is 1.73. The minimum atomic E-state index is -0.602. The zero-order chi connectivity index (χ0) is 13.8. The summed E-state index contributed by atoms with van der Waals surface area (Å²) in [6.07, 6.45) is 1.84. The largest absolute Gasteiger partial charge is 0.491 e. The van der Waals surface area contributed by atoms with E-state index in [1.54, 1.807) is 0 Å². The van der Waals surface area contributed by atoms with E-state index in [4.69, 9.17) is 4.74 Å². The van der Waals surface area contributed by atoms with Gasteiger partial charge in [0, 0.05) is 0 Å². The smallest absolute Gasteiger partial charge is 0.119 e. The second-order valence-corrected chi connectivity index (χ2v) is 5.83. The Labute approximate surface area is 111 Å². The number of hydrogen-bond donors (Lipinski definition) is 1. The zero-order valence-electron chi connectivity index (χ0n) is 12.2. The van der Waals surface area contributed by atoms with Crippen molar-refractivity contribution >= 4 is 0 Å². The van der Waals surface area contributed by atoms with Crippen molar-refractivity contribution in [2.75, 3.05) is 0 Å². The predicted molar refractivity (Wildman–Crippen MR) is 76.0 cm³/mol. The van der Waals surface area contributed by atoms with Crippen LogP contribution < -0.4 is 4.74 Å². The molecule has 0 amide bonds. The van der Waals surface area contributed by atoms with Gasteiger partial charge < -0.3 is 9.84 Å². The molecule has 0 saturated carbocycles. The second kappa shape index (κ2) is 6.24. The van der Waals surface area contributed by atoms with Crippen molar-refractivity contribution in [3.8, 4) is 5.75 Å². The van der Waals surface area contributed by atoms with E-state index in [-0.39, 0.29) is 12.0 Å². The Balaban J connectivity index is 2.63. The summed E-state index contributed by atoms with van der Waals surface area (Å²) in [5, 5.41) is 10.2. The van der Waals surface area contributed by atoms with Crippen molar-refractivity contribution in [1.29, 1.82) is 0 Å². The molecule has 1 aromatic rings. The lowest BCUT2D eigenvalue weighted by Gasteiger charge is -2.27. The maximum atomic E-state index is 10.2. The second-order valence-electron chi connectivity index (χ2n) is 5.83. The molecular weight excluding hydrogens is 224 g/mol. The molecular formula is C16H26O2. The minimum Gasteiger partial charge on any atom is -0.491 e. The Hall–Kier alpha value is -1.02. The summed E-state index contributed by atoms with van der Waals surface area (Å²) in [6.45, 7) is 10.1. The van der Waals surface area contributed by atoms with Crippen LogP contribution >= 0.6 is 0 Å². The molecule has 0 bridgehead atoms. The Morgan fingerprint density at radius 3 is 2.44 bits per heavy atom. The molecule has 0 aliphatic rings. The Morgan fingerprint density at radius 1 is 1.22 bits per heavy atom. The van der Waals surface area contributed by atoms with Crippen LogP contribution in [-0.2, 0) is 6.42 Å². The first kappa shape index (κ1) is 15.0. The number of aliphatic hydroxyl groups is 1. The quantitative estimate of drug-likeness (QED) is 0.832. The number of hydrogen-bond acceptors (Lipinski definition) is 2. The summed E-state index contributed by atoms with van der Waals surface area (Å²) in [7, 11) is 0. The third kappa shape index (κ3) is 4.69. The van der Waals surface area contributed by atoms with Gasteiger partial charge in [0.25, 0.3) is 0 Å². The standard InChI is InChI=1S/C16H26O2/c1-12(2)16(5,17)10-9-14-7-6-8-15(11-14)18-13(3)4/h6-8,11-13,17H,9-10H2,1-5H3. The lowest BCUT2D eigenvalue weighted by molar-refractivity contribution is 0.00567. The van der Waals surface area contributed by atoms with Crippen molar-refractivity contribution in [1.82, 2.24) is 0 Å². The van der Waals surface area contributed by atoms with E-state index in [0.29, 0.717) is 0 Å². The van der Waals surface area contributed by atoms with Crippen LogP contribution in [0.15, 0.2) is 24.3 Å². The topological polar surface area (TPSA) is 29.5 Å². The first-order valence-corrected chi connectivity index (χ1v) is 6.79. The molecule has 0 radical (unpaired) electrons. The highest BCUT2D eigenvalue weighted by atomic mass is 16.5. The summed E-state index contributed by atoms with van der Waals surface area (Å²) < 4.78 is 5.67. The van der Waals surface area contributed by atoms with Crippen molar-refractivity contribution in [2.24, 2.45) is 5.92 Å². The molecule has 18 heavy (non-hydrogen) atoms. The van der Waals surface area contributed by atoms with Crippen molar-refractivity contribution in [2.45, 2.75) is 59.2 Å². The van der Waals surface area contributed by atoms with E-state index in [1.807, 2.05) is 32.9 Å². The number of benzene rings is 1. The maximum Gasteiger partial charge on any atom is 0.119 e. The van der Waals surface area contributed by atoms with Gasteiger partial charge >= 0.3 is 0 Å². The number of ether oxygens (including phenoxy) is 1. The molecule has 0 aromatic heterocycles. The number of rotatable bonds is 6. The van der Waals surface area contributed by atoms with Crippen molar-refractivity contribution in [3.63, 3.8) is 0 Å². The van der Waals surface area contributed by atoms with Crippen LogP contribution in [0.25, 0.3) is 0 Å². The van der Waals surface area contributed by atoms with E-state index < -0.39 is 5.60 Å². The molecule has 0 fully saturated rings. The third-order valence-electron chi connectivity index (χ3n) is 3.43. The average Bonchev–Trinajstić information content (AvgIpc) is 2.26. The number of aryl methyl sites for hydroxylation is 1. The molecule has 2 heteroatoms. The first-order chi connectivity index (χ1) is 8.31. The van der Waals surface area contributed by atoms with E-state index in [0.717, 1.165) is 18.6 Å². The monoisotopic (exact) mass is 250 g/mol. The molecule has 0 heterocycles. The lowest BCUT2D eigenvalue weighted by Crippen LogP contribution is -2.31. The van der Waals surface area contributed by atoms with E-state index in [1.165, 1.54) is 5.56 Å². The Bertz CT molecular complexity index is 367. The Morgan fingerprint density at radius 2 is 1.89 bits per heavy atom. The van der Waals surface area contributed by atoms with Gasteiger partial charge in [-0.2, -0.15) is 0 Å². The molecule has 1 unspecified atom stereocenters. The normalized spacial score (nSPS) is 14.9. The van der Waals surface area contributed by atoms with Crippen LogP contribution in [0.3, 0.4) is 0 Å². The van der Waals surface area contributed by atoms with Gasteiger partial charge in [0.05, 0.1) is 11.7 Å². The summed E-state index contributed by atoms with van der Waals surface area (Å²) in [4.78, 5) is 0. The molecule has 0 saturated heterocycles. The van der Waals surface area contributed by atoms with Crippen LogP contribution in [0.1, 0.15) is 46.6 Å². The van der Waals surface area contributed by atoms with E-state index in [2.05, 4.69) is 26.0 Å². The molecule has 0 aliphatic heterocycles. The maximum absolute atomic E-state index is 10.2. The Kier molecular flexibility index (Phi) is 5.21. The van der Waals surface area contributed by atoms with Gasteiger partial charge in [0.15, 0.2) is 0 Å². The summed E-state index contributed by atoms with van der Waals surface area (Å²) >= 11 is 0. The fraction of sp³-hybridized carbons (Fsp3) is 0.625. The van der Waals surface area contributed by atoms with E-state index in [9.17, 15) is 5.11 Å². The highest BCUT2D eigenvalue weighted by Crippen LogP contribution is 2.24. The molecule has 1 N–H and O–H groups in total. The SMILES string of the molecule is CC(C)Oc1cccc(CCC(C)(O)C(C)C)c1. The van der Waals surface area contributed by atoms with Gasteiger partial charge in [0.2, 0.25) is 0 Å². The van der Waals surface area contributed by atoms with Crippen LogP contribution in [0.5, 0.6) is 5.75 Å². The van der Waals surface area contributed by atoms with E-state index >= 15 is 0 Å². The minimum absolute atomic E-state index is 0.194. The van der Waals surface area contributed by atoms with Gasteiger partial charge in [-0.15, -0.1) is 0 Å².